The molecule has 0 aromatic carbocycles. The van der Waals surface area contributed by atoms with Crippen LogP contribution in [0.2, 0.25) is 0 Å². The number of nitrogens with two attached hydrogens (primary N) is 1. The first kappa shape index (κ1) is 16.6. The maximum atomic E-state index is 12.1. The Kier molecular flexibility index (Phi) is 5.02. The van der Waals surface area contributed by atoms with E-state index in [0.29, 0.717) is 4.90 Å². The second kappa shape index (κ2) is 6.35. The zero-order chi connectivity index (χ0) is 16.2. The number of alkyl halides is 3. The van der Waals surface area contributed by atoms with Crippen molar-refractivity contribution in [2.24, 2.45) is 5.73 Å². The van der Waals surface area contributed by atoms with Gasteiger partial charge in [-0.15, -0.1) is 0 Å². The fourth-order valence-corrected chi connectivity index (χ4v) is 1.29. The molecule has 1 aliphatic rings. The van der Waals surface area contributed by atoms with Crippen LogP contribution in [0.4, 0.5) is 13.2 Å². The number of hydrogen-bond acceptors (Lipinski definition) is 6. The van der Waals surface area contributed by atoms with E-state index >= 15 is 0 Å². The predicted octanol–water partition coefficient (Wildman–Crippen LogP) is -1.28. The topological polar surface area (TPSA) is 110 Å². The van der Waals surface area contributed by atoms with Crippen molar-refractivity contribution >= 4 is 23.7 Å². The summed E-state index contributed by atoms with van der Waals surface area (Å²) in [6.07, 6.45) is -3.51. The van der Waals surface area contributed by atoms with Crippen molar-refractivity contribution in [3.63, 3.8) is 0 Å². The monoisotopic (exact) mass is 309 g/mol. The zero-order valence-corrected chi connectivity index (χ0v) is 10.4. The minimum atomic E-state index is -5.30. The van der Waals surface area contributed by atoms with Crippen molar-refractivity contribution in [2.75, 3.05) is 19.6 Å². The van der Waals surface area contributed by atoms with Crippen LogP contribution in [0.15, 0.2) is 12.2 Å². The Hall–Kier alpha value is -2.43. The molecule has 0 atom stereocenters. The molecule has 0 radical (unpaired) electrons. The van der Waals surface area contributed by atoms with E-state index in [1.807, 2.05) is 0 Å². The molecule has 0 bridgehead atoms. The third kappa shape index (κ3) is 4.27. The molecule has 116 valence electrons. The molecular weight excluding hydrogens is 299 g/mol. The van der Waals surface area contributed by atoms with Gasteiger partial charge in [0.15, 0.2) is 0 Å². The van der Waals surface area contributed by atoms with Gasteiger partial charge in [0.05, 0.1) is 6.54 Å². The number of amides is 3. The van der Waals surface area contributed by atoms with Gasteiger partial charge in [0.25, 0.3) is 17.7 Å². The Morgan fingerprint density at radius 1 is 1.24 bits per heavy atom. The van der Waals surface area contributed by atoms with Gasteiger partial charge in [0.2, 0.25) is 0 Å². The fraction of sp³-hybridized carbons (Fsp3) is 0.400. The standard InChI is InChI=1S/C10H10F3N3O5/c11-10(12,13)9(20)21-16(4-3-14)8(19)5-15-6(17)1-2-7(15)18/h1-2H,3-5,14H2. The average Bonchev–Trinajstić information content (AvgIpc) is 2.68. The molecule has 1 rings (SSSR count). The number of carbonyl (C=O) groups excluding carboxylic acids is 4. The van der Waals surface area contributed by atoms with Crippen molar-refractivity contribution in [2.45, 2.75) is 6.18 Å². The minimum absolute atomic E-state index is 0.0642. The fourth-order valence-electron chi connectivity index (χ4n) is 1.29. The zero-order valence-electron chi connectivity index (χ0n) is 10.4. The van der Waals surface area contributed by atoms with Crippen molar-refractivity contribution in [1.82, 2.24) is 9.96 Å². The van der Waals surface area contributed by atoms with Gasteiger partial charge >= 0.3 is 12.1 Å². The Labute approximate surface area is 115 Å². The van der Waals surface area contributed by atoms with Gasteiger partial charge in [-0.25, -0.2) is 4.79 Å². The van der Waals surface area contributed by atoms with E-state index in [1.165, 1.54) is 0 Å². The van der Waals surface area contributed by atoms with Crippen LogP contribution in [0.5, 0.6) is 0 Å². The summed E-state index contributed by atoms with van der Waals surface area (Å²) in [7, 11) is 0. The first-order valence-electron chi connectivity index (χ1n) is 5.50. The van der Waals surface area contributed by atoms with Crippen LogP contribution in [0.3, 0.4) is 0 Å². The molecule has 2 N–H and O–H groups in total. The lowest BCUT2D eigenvalue weighted by atomic mass is 10.4. The molecule has 21 heavy (non-hydrogen) atoms. The van der Waals surface area contributed by atoms with Gasteiger partial charge < -0.3 is 10.6 Å². The summed E-state index contributed by atoms with van der Waals surface area (Å²) in [5, 5.41) is 0.0642. The van der Waals surface area contributed by atoms with Gasteiger partial charge in [0, 0.05) is 18.7 Å². The van der Waals surface area contributed by atoms with Crippen LogP contribution in [0.25, 0.3) is 0 Å². The minimum Gasteiger partial charge on any atom is -0.329 e. The largest absolute Gasteiger partial charge is 0.493 e. The number of nitrogens with zero attached hydrogens (tertiary/aromatic N) is 2. The van der Waals surface area contributed by atoms with Crippen molar-refractivity contribution in [3.8, 4) is 0 Å². The molecule has 0 aliphatic carbocycles. The van der Waals surface area contributed by atoms with Gasteiger partial charge in [-0.1, -0.05) is 0 Å². The summed E-state index contributed by atoms with van der Waals surface area (Å²) < 4.78 is 36.2. The number of hydrogen-bond donors (Lipinski definition) is 1. The Morgan fingerprint density at radius 2 is 1.76 bits per heavy atom. The molecule has 11 heteroatoms. The van der Waals surface area contributed by atoms with Gasteiger partial charge in [-0.3, -0.25) is 19.3 Å². The second-order valence-corrected chi connectivity index (χ2v) is 3.76. The number of carbonyl (C=O) groups is 4. The summed E-state index contributed by atoms with van der Waals surface area (Å²) in [5.41, 5.74) is 5.09. The molecule has 0 unspecified atom stereocenters. The van der Waals surface area contributed by atoms with Crippen molar-refractivity contribution < 1.29 is 37.2 Å². The van der Waals surface area contributed by atoms with Crippen LogP contribution in [0.1, 0.15) is 0 Å². The smallest absolute Gasteiger partial charge is 0.329 e. The molecule has 0 aromatic heterocycles. The highest BCUT2D eigenvalue weighted by Gasteiger charge is 2.43. The highest BCUT2D eigenvalue weighted by Crippen LogP contribution is 2.17. The SMILES string of the molecule is NCCN(OC(=O)C(F)(F)F)C(=O)CN1C(=O)C=CC1=O. The molecule has 0 saturated heterocycles. The lowest BCUT2D eigenvalue weighted by molar-refractivity contribution is -0.236. The van der Waals surface area contributed by atoms with Gasteiger partial charge in [-0.05, 0) is 0 Å². The van der Waals surface area contributed by atoms with E-state index in [1.54, 1.807) is 0 Å². The lowest BCUT2D eigenvalue weighted by Crippen LogP contribution is -2.46. The second-order valence-electron chi connectivity index (χ2n) is 3.76. The van der Waals surface area contributed by atoms with Crippen LogP contribution >= 0.6 is 0 Å². The maximum Gasteiger partial charge on any atom is 0.493 e. The molecule has 3 amide bonds. The summed E-state index contributed by atoms with van der Waals surface area (Å²) in [6, 6.07) is 0. The molecule has 0 aromatic rings. The van der Waals surface area contributed by atoms with E-state index in [-0.39, 0.29) is 11.6 Å². The predicted molar refractivity (Wildman–Crippen MR) is 58.8 cm³/mol. The normalized spacial score (nSPS) is 14.6. The molecule has 0 fully saturated rings. The maximum absolute atomic E-state index is 12.1. The summed E-state index contributed by atoms with van der Waals surface area (Å²) in [4.78, 5) is 49.2. The van der Waals surface area contributed by atoms with Gasteiger partial charge in [0.1, 0.15) is 6.54 Å². The quantitative estimate of drug-likeness (QED) is 0.511. The first-order valence-corrected chi connectivity index (χ1v) is 5.50. The third-order valence-corrected chi connectivity index (χ3v) is 2.23. The van der Waals surface area contributed by atoms with Crippen LogP contribution in [-0.2, 0) is 24.0 Å². The van der Waals surface area contributed by atoms with Crippen LogP contribution < -0.4 is 5.73 Å². The molecule has 1 heterocycles. The molecule has 1 aliphatic heterocycles. The van der Waals surface area contributed by atoms with E-state index < -0.39 is 43.0 Å². The average molecular weight is 309 g/mol. The molecule has 0 spiro atoms. The number of imide groups is 1. The third-order valence-electron chi connectivity index (χ3n) is 2.23. The Morgan fingerprint density at radius 3 is 2.19 bits per heavy atom. The Balaban J connectivity index is 2.72. The number of rotatable bonds is 4. The molecule has 0 saturated carbocycles. The van der Waals surface area contributed by atoms with Crippen LogP contribution in [0, 0.1) is 0 Å². The number of halogens is 3. The van der Waals surface area contributed by atoms with E-state index in [0.717, 1.165) is 12.2 Å². The summed E-state index contributed by atoms with van der Waals surface area (Å²) in [6.45, 7) is -1.68. The summed E-state index contributed by atoms with van der Waals surface area (Å²) in [5.74, 6) is -5.41. The van der Waals surface area contributed by atoms with E-state index in [2.05, 4.69) is 4.84 Å². The highest BCUT2D eigenvalue weighted by molar-refractivity contribution is 6.14. The summed E-state index contributed by atoms with van der Waals surface area (Å²) >= 11 is 0. The molecule has 8 nitrogen and oxygen atoms in total. The first-order chi connectivity index (χ1) is 9.66. The van der Waals surface area contributed by atoms with Gasteiger partial charge in [-0.2, -0.15) is 18.2 Å². The Bertz CT molecular complexity index is 485. The van der Waals surface area contributed by atoms with E-state index in [9.17, 15) is 32.3 Å². The van der Waals surface area contributed by atoms with Crippen molar-refractivity contribution in [3.05, 3.63) is 12.2 Å². The van der Waals surface area contributed by atoms with E-state index in [4.69, 9.17) is 5.73 Å². The number of hydroxylamine groups is 2. The lowest BCUT2D eigenvalue weighted by Gasteiger charge is -2.23. The van der Waals surface area contributed by atoms with Crippen LogP contribution in [-0.4, -0.2) is 59.5 Å². The van der Waals surface area contributed by atoms with Crippen molar-refractivity contribution in [1.29, 1.82) is 0 Å². The molecular formula is C10H10F3N3O5. The highest BCUT2D eigenvalue weighted by atomic mass is 19.4.